The number of ether oxygens (including phenoxy) is 1. The average Bonchev–Trinajstić information content (AvgIpc) is 2.49. The average molecular weight is 434 g/mol. The van der Waals surface area contributed by atoms with Crippen molar-refractivity contribution in [1.82, 2.24) is 4.90 Å². The van der Waals surface area contributed by atoms with E-state index in [1.54, 1.807) is 13.0 Å². The number of hydrogen-bond acceptors (Lipinski definition) is 5. The van der Waals surface area contributed by atoms with Crippen LogP contribution in [0.2, 0.25) is 0 Å². The Kier molecular flexibility index (Phi) is 8.18. The number of aliphatic hydroxyl groups is 1. The SMILES string of the molecule is CCOC(=O)/C(C=NCCN(C)C)=C(\O)c1cc(I)ccc1F. The third-order valence-electron chi connectivity index (χ3n) is 2.83. The highest BCUT2D eigenvalue weighted by atomic mass is 127. The normalized spacial score (nSPS) is 12.6. The van der Waals surface area contributed by atoms with Crippen LogP contribution in [-0.4, -0.2) is 56.0 Å². The van der Waals surface area contributed by atoms with Gasteiger partial charge < -0.3 is 14.7 Å². The van der Waals surface area contributed by atoms with Crippen molar-refractivity contribution < 1.29 is 19.0 Å². The molecule has 0 atom stereocenters. The molecule has 0 saturated carbocycles. The minimum atomic E-state index is -0.739. The summed E-state index contributed by atoms with van der Waals surface area (Å²) in [6.07, 6.45) is 1.23. The Balaban J connectivity index is 3.19. The van der Waals surface area contributed by atoms with E-state index in [1.807, 2.05) is 41.6 Å². The van der Waals surface area contributed by atoms with Crippen molar-refractivity contribution in [3.8, 4) is 0 Å². The van der Waals surface area contributed by atoms with Crippen molar-refractivity contribution in [1.29, 1.82) is 0 Å². The van der Waals surface area contributed by atoms with Crippen molar-refractivity contribution in [3.05, 3.63) is 38.7 Å². The van der Waals surface area contributed by atoms with E-state index in [9.17, 15) is 14.3 Å². The lowest BCUT2D eigenvalue weighted by molar-refractivity contribution is -0.137. The molecular formula is C16H20FIN2O3. The van der Waals surface area contributed by atoms with Gasteiger partial charge in [0.05, 0.1) is 18.7 Å². The molecule has 0 saturated heterocycles. The summed E-state index contributed by atoms with van der Waals surface area (Å²) >= 11 is 2.00. The zero-order valence-corrected chi connectivity index (χ0v) is 15.5. The van der Waals surface area contributed by atoms with Crippen LogP contribution in [0.25, 0.3) is 5.76 Å². The fourth-order valence-corrected chi connectivity index (χ4v) is 2.15. The molecule has 23 heavy (non-hydrogen) atoms. The number of hydrogen-bond donors (Lipinski definition) is 1. The maximum atomic E-state index is 13.9. The van der Waals surface area contributed by atoms with Crippen LogP contribution in [0.3, 0.4) is 0 Å². The molecule has 0 aliphatic heterocycles. The lowest BCUT2D eigenvalue weighted by Gasteiger charge is -2.09. The molecule has 0 fully saturated rings. The summed E-state index contributed by atoms with van der Waals surface area (Å²) in [7, 11) is 3.80. The Morgan fingerprint density at radius 2 is 2.17 bits per heavy atom. The molecule has 1 rings (SSSR count). The van der Waals surface area contributed by atoms with Crippen molar-refractivity contribution >= 4 is 40.5 Å². The van der Waals surface area contributed by atoms with Gasteiger partial charge in [0.1, 0.15) is 17.1 Å². The van der Waals surface area contributed by atoms with Gasteiger partial charge in [-0.05, 0) is 61.8 Å². The summed E-state index contributed by atoms with van der Waals surface area (Å²) in [4.78, 5) is 18.1. The molecule has 1 N–H and O–H groups in total. The summed E-state index contributed by atoms with van der Waals surface area (Å²) in [5.41, 5.74) is -0.217. The van der Waals surface area contributed by atoms with Gasteiger partial charge in [0, 0.05) is 16.3 Å². The van der Waals surface area contributed by atoms with Crippen LogP contribution in [-0.2, 0) is 9.53 Å². The molecule has 0 heterocycles. The molecular weight excluding hydrogens is 414 g/mol. The molecule has 0 bridgehead atoms. The number of rotatable bonds is 7. The maximum Gasteiger partial charge on any atom is 0.343 e. The summed E-state index contributed by atoms with van der Waals surface area (Å²) in [6, 6.07) is 4.26. The Morgan fingerprint density at radius 1 is 1.48 bits per heavy atom. The zero-order valence-electron chi connectivity index (χ0n) is 13.3. The van der Waals surface area contributed by atoms with Crippen LogP contribution in [0, 0.1) is 9.39 Å². The highest BCUT2D eigenvalue weighted by Gasteiger charge is 2.19. The van der Waals surface area contributed by atoms with Gasteiger partial charge in [-0.15, -0.1) is 0 Å². The first-order valence-electron chi connectivity index (χ1n) is 7.07. The summed E-state index contributed by atoms with van der Waals surface area (Å²) in [5, 5.41) is 10.3. The molecule has 0 spiro atoms. The minimum Gasteiger partial charge on any atom is -0.506 e. The number of likely N-dealkylation sites (N-methyl/N-ethyl adjacent to an activating group) is 1. The quantitative estimate of drug-likeness (QED) is 0.236. The minimum absolute atomic E-state index is 0.0565. The molecule has 1 aromatic rings. The van der Waals surface area contributed by atoms with E-state index in [-0.39, 0.29) is 17.7 Å². The number of nitrogens with zero attached hydrogens (tertiary/aromatic N) is 2. The molecule has 0 aliphatic rings. The Morgan fingerprint density at radius 3 is 2.78 bits per heavy atom. The molecule has 0 unspecified atom stereocenters. The molecule has 0 amide bonds. The largest absolute Gasteiger partial charge is 0.506 e. The van der Waals surface area contributed by atoms with Gasteiger partial charge in [0.25, 0.3) is 0 Å². The smallest absolute Gasteiger partial charge is 0.343 e. The topological polar surface area (TPSA) is 62.1 Å². The molecule has 0 aromatic heterocycles. The van der Waals surface area contributed by atoms with Crippen LogP contribution in [0.15, 0.2) is 28.8 Å². The maximum absolute atomic E-state index is 13.9. The van der Waals surface area contributed by atoms with E-state index in [4.69, 9.17) is 4.74 Å². The number of aliphatic imine (C=N–C) groups is 1. The van der Waals surface area contributed by atoms with Crippen LogP contribution in [0.1, 0.15) is 12.5 Å². The van der Waals surface area contributed by atoms with Gasteiger partial charge >= 0.3 is 5.97 Å². The van der Waals surface area contributed by atoms with E-state index < -0.39 is 17.5 Å². The lowest BCUT2D eigenvalue weighted by atomic mass is 10.1. The van der Waals surface area contributed by atoms with Gasteiger partial charge in [0.2, 0.25) is 0 Å². The van der Waals surface area contributed by atoms with Crippen molar-refractivity contribution in [2.75, 3.05) is 33.8 Å². The van der Waals surface area contributed by atoms with Crippen LogP contribution in [0.5, 0.6) is 0 Å². The fraction of sp³-hybridized carbons (Fsp3) is 0.375. The number of carbonyl (C=O) groups is 1. The zero-order chi connectivity index (χ0) is 17.4. The van der Waals surface area contributed by atoms with E-state index in [2.05, 4.69) is 4.99 Å². The number of halogens is 2. The van der Waals surface area contributed by atoms with E-state index in [0.717, 1.165) is 3.57 Å². The van der Waals surface area contributed by atoms with E-state index >= 15 is 0 Å². The van der Waals surface area contributed by atoms with Gasteiger partial charge in [-0.1, -0.05) is 0 Å². The molecule has 5 nitrogen and oxygen atoms in total. The number of carbonyl (C=O) groups excluding carboxylic acids is 1. The van der Waals surface area contributed by atoms with Crippen LogP contribution in [0.4, 0.5) is 4.39 Å². The number of aliphatic hydroxyl groups excluding tert-OH is 1. The van der Waals surface area contributed by atoms with E-state index in [0.29, 0.717) is 13.1 Å². The van der Waals surface area contributed by atoms with Gasteiger partial charge in [-0.2, -0.15) is 0 Å². The predicted molar refractivity (Wildman–Crippen MR) is 97.2 cm³/mol. The molecule has 7 heteroatoms. The third-order valence-corrected chi connectivity index (χ3v) is 3.50. The van der Waals surface area contributed by atoms with Crippen LogP contribution >= 0.6 is 22.6 Å². The first-order valence-corrected chi connectivity index (χ1v) is 8.15. The first kappa shape index (κ1) is 19.6. The van der Waals surface area contributed by atoms with Crippen LogP contribution < -0.4 is 0 Å². The van der Waals surface area contributed by atoms with Gasteiger partial charge in [-0.3, -0.25) is 4.99 Å². The molecule has 126 valence electrons. The number of esters is 1. The van der Waals surface area contributed by atoms with Gasteiger partial charge in [0.15, 0.2) is 0 Å². The fourth-order valence-electron chi connectivity index (χ4n) is 1.66. The van der Waals surface area contributed by atoms with Crippen molar-refractivity contribution in [2.24, 2.45) is 4.99 Å². The first-order chi connectivity index (χ1) is 10.9. The second-order valence-corrected chi connectivity index (χ2v) is 6.19. The summed E-state index contributed by atoms with van der Waals surface area (Å²) in [6.45, 7) is 2.93. The lowest BCUT2D eigenvalue weighted by Crippen LogP contribution is -2.16. The highest BCUT2D eigenvalue weighted by Crippen LogP contribution is 2.22. The third kappa shape index (κ3) is 6.26. The molecule has 0 aliphatic carbocycles. The Bertz CT molecular complexity index is 615. The van der Waals surface area contributed by atoms with E-state index in [1.165, 1.54) is 18.3 Å². The number of benzene rings is 1. The predicted octanol–water partition coefficient (Wildman–Crippen LogP) is 2.89. The summed E-state index contributed by atoms with van der Waals surface area (Å²) in [5.74, 6) is -1.84. The highest BCUT2D eigenvalue weighted by molar-refractivity contribution is 14.1. The summed E-state index contributed by atoms with van der Waals surface area (Å²) < 4.78 is 19.6. The second kappa shape index (κ2) is 9.61. The molecule has 1 aromatic carbocycles. The standard InChI is InChI=1S/C16H20FIN2O3/c1-4-23-16(22)13(10-19-7-8-20(2)3)15(21)12-9-11(18)5-6-14(12)17/h5-6,9-10,21H,4,7-8H2,1-3H3/b15-13-,19-10?. The van der Waals surface area contributed by atoms with Gasteiger partial charge in [-0.25, -0.2) is 9.18 Å². The Labute approximate surface area is 149 Å². The monoisotopic (exact) mass is 434 g/mol. The Hall–Kier alpha value is -1.48. The van der Waals surface area contributed by atoms with Crippen molar-refractivity contribution in [2.45, 2.75) is 6.92 Å². The second-order valence-electron chi connectivity index (χ2n) is 4.95. The van der Waals surface area contributed by atoms with Crippen molar-refractivity contribution in [3.63, 3.8) is 0 Å². The molecule has 0 radical (unpaired) electrons.